The molecule has 0 radical (unpaired) electrons. The van der Waals surface area contributed by atoms with Gasteiger partial charge in [-0.1, -0.05) is 18.2 Å². The predicted molar refractivity (Wildman–Crippen MR) is 103 cm³/mol. The van der Waals surface area contributed by atoms with E-state index in [1.54, 1.807) is 0 Å². The number of H-pyrrole nitrogens is 1. The number of fused-ring (bicyclic) bond motifs is 3. The Hall–Kier alpha value is -1.91. The molecular formula is C21H26N4. The van der Waals surface area contributed by atoms with Gasteiger partial charge in [0, 0.05) is 28.5 Å². The zero-order valence-electron chi connectivity index (χ0n) is 15.1. The molecule has 2 saturated heterocycles. The van der Waals surface area contributed by atoms with Gasteiger partial charge in [-0.15, -0.1) is 0 Å². The third kappa shape index (κ3) is 2.31. The smallest absolute Gasteiger partial charge is 0.0816 e. The molecule has 0 aliphatic carbocycles. The van der Waals surface area contributed by atoms with Gasteiger partial charge in [0.05, 0.1) is 17.3 Å². The number of hydrogen-bond acceptors (Lipinski definition) is 3. The molecule has 1 unspecified atom stereocenters. The van der Waals surface area contributed by atoms with E-state index >= 15 is 0 Å². The zero-order valence-corrected chi connectivity index (χ0v) is 15.1. The van der Waals surface area contributed by atoms with Crippen molar-refractivity contribution in [3.05, 3.63) is 41.7 Å². The predicted octanol–water partition coefficient (Wildman–Crippen LogP) is 4.25. The number of benzene rings is 1. The Bertz CT molecular complexity index is 928. The number of nitrogens with zero attached hydrogens (tertiary/aromatic N) is 3. The lowest BCUT2D eigenvalue weighted by atomic mass is 9.98. The fraction of sp³-hybridized carbons (Fsp3) is 0.476. The highest BCUT2D eigenvalue weighted by Crippen LogP contribution is 2.41. The van der Waals surface area contributed by atoms with Crippen molar-refractivity contribution in [2.24, 2.45) is 0 Å². The topological polar surface area (TPSA) is 35.2 Å². The van der Waals surface area contributed by atoms with Gasteiger partial charge in [0.2, 0.25) is 0 Å². The average Bonchev–Trinajstić information content (AvgIpc) is 3.32. The summed E-state index contributed by atoms with van der Waals surface area (Å²) >= 11 is 0. The molecule has 0 spiro atoms. The number of rotatable bonds is 2. The minimum absolute atomic E-state index is 0.436. The highest BCUT2D eigenvalue weighted by molar-refractivity contribution is 6.09. The van der Waals surface area contributed by atoms with E-state index in [1.807, 2.05) is 0 Å². The SMILES string of the molecule is CN1CCCC1c1ncc([C@@H]2CCCN2C)c2c1[nH]c1ccccc12. The van der Waals surface area contributed by atoms with E-state index in [-0.39, 0.29) is 0 Å². The average molecular weight is 334 g/mol. The van der Waals surface area contributed by atoms with Gasteiger partial charge in [-0.05, 0) is 64.5 Å². The standard InChI is InChI=1S/C21H26N4/c1-24-11-5-9-17(24)15-13-22-20(18-10-6-12-25(18)2)21-19(15)14-7-3-4-8-16(14)23-21/h3-4,7-8,13,17-18,23H,5-6,9-12H2,1-2H3/t17-,18?/m0/s1. The lowest BCUT2D eigenvalue weighted by Crippen LogP contribution is -2.20. The van der Waals surface area contributed by atoms with E-state index in [1.165, 1.54) is 71.8 Å². The largest absolute Gasteiger partial charge is 0.353 e. The molecule has 130 valence electrons. The molecule has 3 aromatic rings. The molecule has 2 aliphatic heterocycles. The molecule has 0 saturated carbocycles. The highest BCUT2D eigenvalue weighted by Gasteiger charge is 2.30. The molecule has 0 bridgehead atoms. The Morgan fingerprint density at radius 3 is 2.44 bits per heavy atom. The van der Waals surface area contributed by atoms with Gasteiger partial charge < -0.3 is 4.98 Å². The van der Waals surface area contributed by atoms with Crippen molar-refractivity contribution >= 4 is 21.8 Å². The Morgan fingerprint density at radius 2 is 1.72 bits per heavy atom. The molecule has 25 heavy (non-hydrogen) atoms. The van der Waals surface area contributed by atoms with Crippen LogP contribution in [0, 0.1) is 0 Å². The van der Waals surface area contributed by atoms with Crippen LogP contribution in [0.5, 0.6) is 0 Å². The minimum Gasteiger partial charge on any atom is -0.353 e. The van der Waals surface area contributed by atoms with E-state index in [0.29, 0.717) is 12.1 Å². The summed E-state index contributed by atoms with van der Waals surface area (Å²) in [6.07, 6.45) is 7.15. The van der Waals surface area contributed by atoms with Crippen molar-refractivity contribution < 1.29 is 0 Å². The maximum Gasteiger partial charge on any atom is 0.0816 e. The fourth-order valence-corrected chi connectivity index (χ4v) is 4.97. The van der Waals surface area contributed by atoms with Gasteiger partial charge in [-0.25, -0.2) is 0 Å². The summed E-state index contributed by atoms with van der Waals surface area (Å²) < 4.78 is 0. The molecular weight excluding hydrogens is 308 g/mol. The van der Waals surface area contributed by atoms with E-state index in [4.69, 9.17) is 4.98 Å². The number of nitrogens with one attached hydrogen (secondary N) is 1. The Balaban J connectivity index is 1.79. The number of likely N-dealkylation sites (tertiary alicyclic amines) is 2. The lowest BCUT2D eigenvalue weighted by molar-refractivity contribution is 0.311. The maximum atomic E-state index is 5.01. The third-order valence-corrected chi connectivity index (χ3v) is 6.31. The fourth-order valence-electron chi connectivity index (χ4n) is 4.97. The summed E-state index contributed by atoms with van der Waals surface area (Å²) in [6, 6.07) is 9.65. The molecule has 2 aromatic heterocycles. The van der Waals surface area contributed by atoms with E-state index in [0.717, 1.165) is 0 Å². The van der Waals surface area contributed by atoms with E-state index in [9.17, 15) is 0 Å². The number of aromatic nitrogens is 2. The van der Waals surface area contributed by atoms with Crippen LogP contribution >= 0.6 is 0 Å². The molecule has 1 N–H and O–H groups in total. The lowest BCUT2D eigenvalue weighted by Gasteiger charge is -2.23. The van der Waals surface area contributed by atoms with Gasteiger partial charge >= 0.3 is 0 Å². The first-order chi connectivity index (χ1) is 12.2. The summed E-state index contributed by atoms with van der Waals surface area (Å²) in [5.74, 6) is 0. The van der Waals surface area contributed by atoms with Crippen LogP contribution in [0.15, 0.2) is 30.5 Å². The van der Waals surface area contributed by atoms with Crippen LogP contribution in [0.25, 0.3) is 21.8 Å². The number of pyridine rings is 1. The van der Waals surface area contributed by atoms with Crippen molar-refractivity contribution in [2.75, 3.05) is 27.2 Å². The highest BCUT2D eigenvalue weighted by atomic mass is 15.2. The van der Waals surface area contributed by atoms with Crippen LogP contribution in [0.3, 0.4) is 0 Å². The van der Waals surface area contributed by atoms with Crippen LogP contribution in [-0.4, -0.2) is 47.0 Å². The van der Waals surface area contributed by atoms with Gasteiger partial charge in [0.1, 0.15) is 0 Å². The maximum absolute atomic E-state index is 5.01. The van der Waals surface area contributed by atoms with Crippen LogP contribution in [0.2, 0.25) is 0 Å². The zero-order chi connectivity index (χ0) is 17.0. The van der Waals surface area contributed by atoms with E-state index < -0.39 is 0 Å². The summed E-state index contributed by atoms with van der Waals surface area (Å²) in [7, 11) is 4.48. The molecule has 2 atom stereocenters. The molecule has 2 fully saturated rings. The van der Waals surface area contributed by atoms with Gasteiger partial charge in [-0.3, -0.25) is 14.8 Å². The molecule has 5 rings (SSSR count). The number of hydrogen-bond donors (Lipinski definition) is 1. The van der Waals surface area contributed by atoms with Crippen molar-refractivity contribution in [1.82, 2.24) is 19.8 Å². The second-order valence-corrected chi connectivity index (χ2v) is 7.80. The van der Waals surface area contributed by atoms with Gasteiger partial charge in [0.25, 0.3) is 0 Å². The first kappa shape index (κ1) is 15.4. The van der Waals surface area contributed by atoms with Crippen LogP contribution in [-0.2, 0) is 0 Å². The molecule has 4 heterocycles. The second kappa shape index (κ2) is 5.82. The van der Waals surface area contributed by atoms with Crippen LogP contribution in [0.4, 0.5) is 0 Å². The number of para-hydroxylation sites is 1. The molecule has 0 amide bonds. The summed E-state index contributed by atoms with van der Waals surface area (Å²) in [4.78, 5) is 13.7. The molecule has 2 aliphatic rings. The van der Waals surface area contributed by atoms with Crippen molar-refractivity contribution in [3.63, 3.8) is 0 Å². The van der Waals surface area contributed by atoms with Crippen LogP contribution in [0.1, 0.15) is 49.0 Å². The number of aromatic amines is 1. The van der Waals surface area contributed by atoms with Crippen molar-refractivity contribution in [3.8, 4) is 0 Å². The monoisotopic (exact) mass is 334 g/mol. The summed E-state index contributed by atoms with van der Waals surface area (Å²) in [5.41, 5.74) is 5.12. The minimum atomic E-state index is 0.436. The normalized spacial score (nSPS) is 25.5. The Kier molecular flexibility index (Phi) is 3.57. The first-order valence-electron chi connectivity index (χ1n) is 9.53. The van der Waals surface area contributed by atoms with Gasteiger partial charge in [0.15, 0.2) is 0 Å². The molecule has 4 nitrogen and oxygen atoms in total. The quantitative estimate of drug-likeness (QED) is 0.761. The molecule has 1 aromatic carbocycles. The van der Waals surface area contributed by atoms with Crippen molar-refractivity contribution in [2.45, 2.75) is 37.8 Å². The first-order valence-corrected chi connectivity index (χ1v) is 9.53. The molecule has 4 heteroatoms. The van der Waals surface area contributed by atoms with Crippen LogP contribution < -0.4 is 0 Å². The Morgan fingerprint density at radius 1 is 1.00 bits per heavy atom. The van der Waals surface area contributed by atoms with E-state index in [2.05, 4.69) is 59.3 Å². The Labute approximate surface area is 148 Å². The second-order valence-electron chi connectivity index (χ2n) is 7.80. The third-order valence-electron chi connectivity index (χ3n) is 6.31. The summed E-state index contributed by atoms with van der Waals surface area (Å²) in [6.45, 7) is 2.35. The van der Waals surface area contributed by atoms with Gasteiger partial charge in [-0.2, -0.15) is 0 Å². The van der Waals surface area contributed by atoms with Crippen molar-refractivity contribution in [1.29, 1.82) is 0 Å². The summed E-state index contributed by atoms with van der Waals surface area (Å²) in [5, 5.41) is 2.75.